The summed E-state index contributed by atoms with van der Waals surface area (Å²) in [6.07, 6.45) is 0. The fourth-order valence-corrected chi connectivity index (χ4v) is 3.76. The van der Waals surface area contributed by atoms with E-state index in [1.54, 1.807) is 35.2 Å². The van der Waals surface area contributed by atoms with E-state index in [9.17, 15) is 9.90 Å². The van der Waals surface area contributed by atoms with Crippen molar-refractivity contribution in [2.24, 2.45) is 0 Å². The second-order valence-corrected chi connectivity index (χ2v) is 7.68. The van der Waals surface area contributed by atoms with Crippen LogP contribution in [0.3, 0.4) is 0 Å². The zero-order valence-electron chi connectivity index (χ0n) is 17.5. The van der Waals surface area contributed by atoms with E-state index in [1.807, 2.05) is 36.4 Å². The Kier molecular flexibility index (Phi) is 5.47. The lowest BCUT2D eigenvalue weighted by Crippen LogP contribution is -2.40. The van der Waals surface area contributed by atoms with Crippen molar-refractivity contribution in [2.45, 2.75) is 6.61 Å². The van der Waals surface area contributed by atoms with E-state index in [0.717, 1.165) is 16.6 Å². The first-order chi connectivity index (χ1) is 15.7. The van der Waals surface area contributed by atoms with Crippen molar-refractivity contribution >= 4 is 16.9 Å². The topological polar surface area (TPSA) is 87.7 Å². The summed E-state index contributed by atoms with van der Waals surface area (Å²) in [5.41, 5.74) is 3.68. The summed E-state index contributed by atoms with van der Waals surface area (Å²) < 4.78 is 11.1. The molecule has 32 heavy (non-hydrogen) atoms. The van der Waals surface area contributed by atoms with E-state index in [0.29, 0.717) is 55.6 Å². The number of aromatic amines is 1. The molecule has 7 nitrogen and oxygen atoms in total. The number of phenolic OH excluding ortho intramolecular Hbond substituents is 1. The number of imidazole rings is 1. The number of morpholine rings is 1. The molecule has 2 heterocycles. The Morgan fingerprint density at radius 1 is 1.06 bits per heavy atom. The molecule has 7 heteroatoms. The van der Waals surface area contributed by atoms with Gasteiger partial charge in [0.1, 0.15) is 23.9 Å². The first-order valence-electron chi connectivity index (χ1n) is 10.5. The van der Waals surface area contributed by atoms with Crippen molar-refractivity contribution in [3.63, 3.8) is 0 Å². The van der Waals surface area contributed by atoms with E-state index >= 15 is 0 Å². The second kappa shape index (κ2) is 8.72. The monoisotopic (exact) mass is 429 g/mol. The van der Waals surface area contributed by atoms with Gasteiger partial charge < -0.3 is 24.5 Å². The third-order valence-corrected chi connectivity index (χ3v) is 5.50. The minimum Gasteiger partial charge on any atom is -0.507 e. The quantitative estimate of drug-likeness (QED) is 0.501. The van der Waals surface area contributed by atoms with Crippen molar-refractivity contribution in [3.8, 4) is 22.9 Å². The maximum Gasteiger partial charge on any atom is 0.254 e. The van der Waals surface area contributed by atoms with Crippen molar-refractivity contribution in [1.82, 2.24) is 14.9 Å². The van der Waals surface area contributed by atoms with Crippen LogP contribution in [0.2, 0.25) is 0 Å². The summed E-state index contributed by atoms with van der Waals surface area (Å²) in [5.74, 6) is 1.15. The zero-order valence-corrected chi connectivity index (χ0v) is 17.5. The van der Waals surface area contributed by atoms with E-state index in [4.69, 9.17) is 9.47 Å². The van der Waals surface area contributed by atoms with Crippen LogP contribution in [0.25, 0.3) is 22.4 Å². The summed E-state index contributed by atoms with van der Waals surface area (Å²) >= 11 is 0. The van der Waals surface area contributed by atoms with Crippen LogP contribution < -0.4 is 4.74 Å². The largest absolute Gasteiger partial charge is 0.507 e. The molecular formula is C25H23N3O4. The molecule has 0 saturated carbocycles. The number of hydrogen-bond acceptors (Lipinski definition) is 5. The number of carbonyl (C=O) groups excluding carboxylic acids is 1. The number of hydrogen-bond donors (Lipinski definition) is 2. The van der Waals surface area contributed by atoms with Gasteiger partial charge in [0.15, 0.2) is 0 Å². The molecule has 0 radical (unpaired) electrons. The number of phenols is 1. The van der Waals surface area contributed by atoms with Crippen molar-refractivity contribution in [1.29, 1.82) is 0 Å². The van der Waals surface area contributed by atoms with Crippen molar-refractivity contribution in [2.75, 3.05) is 26.3 Å². The van der Waals surface area contributed by atoms with Crippen LogP contribution in [-0.2, 0) is 11.3 Å². The van der Waals surface area contributed by atoms with Crippen LogP contribution >= 0.6 is 0 Å². The van der Waals surface area contributed by atoms with Crippen LogP contribution in [0.1, 0.15) is 15.9 Å². The Bertz CT molecular complexity index is 1250. The van der Waals surface area contributed by atoms with Gasteiger partial charge in [-0.15, -0.1) is 0 Å². The molecule has 1 aliphatic rings. The highest BCUT2D eigenvalue weighted by Gasteiger charge is 2.19. The third-order valence-electron chi connectivity index (χ3n) is 5.50. The van der Waals surface area contributed by atoms with Crippen molar-refractivity contribution < 1.29 is 19.4 Å². The first kappa shape index (κ1) is 20.1. The van der Waals surface area contributed by atoms with Gasteiger partial charge in [0.05, 0.1) is 29.8 Å². The maximum absolute atomic E-state index is 12.8. The number of rotatable bonds is 5. The SMILES string of the molecule is O=C(c1ccc2nc(-c3ccc(OCc4ccccc4)cc3O)[nH]c2c1)N1CCOCC1. The second-order valence-electron chi connectivity index (χ2n) is 7.68. The van der Waals surface area contributed by atoms with E-state index < -0.39 is 0 Å². The predicted octanol–water partition coefficient (Wildman–Crippen LogP) is 3.99. The maximum atomic E-state index is 12.8. The van der Waals surface area contributed by atoms with Gasteiger partial charge in [0, 0.05) is 24.7 Å². The minimum atomic E-state index is -0.0193. The molecule has 0 aliphatic carbocycles. The number of ether oxygens (including phenoxy) is 2. The zero-order chi connectivity index (χ0) is 21.9. The third kappa shape index (κ3) is 4.15. The number of amides is 1. The molecule has 4 aromatic rings. The average molecular weight is 429 g/mol. The Morgan fingerprint density at radius 2 is 1.88 bits per heavy atom. The van der Waals surface area contributed by atoms with Crippen molar-refractivity contribution in [3.05, 3.63) is 77.9 Å². The number of nitrogens with zero attached hydrogens (tertiary/aromatic N) is 2. The summed E-state index contributed by atoms with van der Waals surface area (Å²) in [7, 11) is 0. The number of benzene rings is 3. The number of fused-ring (bicyclic) bond motifs is 1. The molecule has 1 saturated heterocycles. The Labute approximate surface area is 185 Å². The van der Waals surface area contributed by atoms with Gasteiger partial charge in [-0.1, -0.05) is 30.3 Å². The Balaban J connectivity index is 1.35. The van der Waals surface area contributed by atoms with Gasteiger partial charge in [0.2, 0.25) is 0 Å². The summed E-state index contributed by atoms with van der Waals surface area (Å²) in [5, 5.41) is 10.6. The van der Waals surface area contributed by atoms with E-state index in [1.165, 1.54) is 0 Å². The van der Waals surface area contributed by atoms with Gasteiger partial charge in [-0.25, -0.2) is 4.98 Å². The highest BCUT2D eigenvalue weighted by Crippen LogP contribution is 2.32. The Hall–Kier alpha value is -3.84. The number of H-pyrrole nitrogens is 1. The van der Waals surface area contributed by atoms with Gasteiger partial charge >= 0.3 is 0 Å². The van der Waals surface area contributed by atoms with Crippen LogP contribution in [-0.4, -0.2) is 52.2 Å². The average Bonchev–Trinajstić information content (AvgIpc) is 3.26. The fourth-order valence-electron chi connectivity index (χ4n) is 3.76. The van der Waals surface area contributed by atoms with Crippen LogP contribution in [0.5, 0.6) is 11.5 Å². The molecule has 162 valence electrons. The fraction of sp³-hybridized carbons (Fsp3) is 0.200. The number of aromatic hydroxyl groups is 1. The highest BCUT2D eigenvalue weighted by molar-refractivity contribution is 5.97. The summed E-state index contributed by atoms with van der Waals surface area (Å²) in [4.78, 5) is 22.4. The van der Waals surface area contributed by atoms with Gasteiger partial charge in [-0.2, -0.15) is 0 Å². The summed E-state index contributed by atoms with van der Waals surface area (Å²) in [6, 6.07) is 20.4. The van der Waals surface area contributed by atoms with Crippen LogP contribution in [0.4, 0.5) is 0 Å². The normalized spacial score (nSPS) is 13.9. The molecule has 1 aliphatic heterocycles. The van der Waals surface area contributed by atoms with Gasteiger partial charge in [0.25, 0.3) is 5.91 Å². The van der Waals surface area contributed by atoms with E-state index in [-0.39, 0.29) is 11.7 Å². The molecule has 1 fully saturated rings. The Morgan fingerprint density at radius 3 is 2.66 bits per heavy atom. The highest BCUT2D eigenvalue weighted by atomic mass is 16.5. The molecule has 5 rings (SSSR count). The lowest BCUT2D eigenvalue weighted by molar-refractivity contribution is 0.0303. The molecule has 0 spiro atoms. The molecule has 3 aromatic carbocycles. The van der Waals surface area contributed by atoms with Crippen LogP contribution in [0.15, 0.2) is 66.7 Å². The lowest BCUT2D eigenvalue weighted by Gasteiger charge is -2.26. The lowest BCUT2D eigenvalue weighted by atomic mass is 10.1. The molecular weight excluding hydrogens is 406 g/mol. The minimum absolute atomic E-state index is 0.0193. The van der Waals surface area contributed by atoms with E-state index in [2.05, 4.69) is 9.97 Å². The smallest absolute Gasteiger partial charge is 0.254 e. The first-order valence-corrected chi connectivity index (χ1v) is 10.5. The summed E-state index contributed by atoms with van der Waals surface area (Å²) in [6.45, 7) is 2.73. The molecule has 1 aromatic heterocycles. The number of carbonyl (C=O) groups is 1. The van der Waals surface area contributed by atoms with Crippen LogP contribution in [0, 0.1) is 0 Å². The van der Waals surface area contributed by atoms with Gasteiger partial charge in [-0.05, 0) is 35.9 Å². The molecule has 2 N–H and O–H groups in total. The molecule has 0 atom stereocenters. The standard InChI is InChI=1S/C25H23N3O4/c29-23-15-19(32-16-17-4-2-1-3-5-17)7-8-20(23)24-26-21-9-6-18(14-22(21)27-24)25(30)28-10-12-31-13-11-28/h1-9,14-15,29H,10-13,16H2,(H,26,27). The molecule has 1 amide bonds. The van der Waals surface area contributed by atoms with Gasteiger partial charge in [-0.3, -0.25) is 4.79 Å². The molecule has 0 bridgehead atoms. The number of aromatic nitrogens is 2. The number of nitrogens with one attached hydrogen (secondary N) is 1. The molecule has 0 unspecified atom stereocenters. The predicted molar refractivity (Wildman–Crippen MR) is 121 cm³/mol.